The number of urea groups is 1. The monoisotopic (exact) mass is 445 g/mol. The summed E-state index contributed by atoms with van der Waals surface area (Å²) in [6.45, 7) is 1.97. The van der Waals surface area contributed by atoms with E-state index in [2.05, 4.69) is 10.6 Å². The zero-order valence-corrected chi connectivity index (χ0v) is 17.4. The maximum atomic E-state index is 13.0. The maximum absolute atomic E-state index is 13.0. The molecule has 10 heteroatoms. The second-order valence-electron chi connectivity index (χ2n) is 6.61. The first-order valence-corrected chi connectivity index (χ1v) is 10.4. The minimum atomic E-state index is -1.14. The molecule has 0 radical (unpaired) electrons. The highest BCUT2D eigenvalue weighted by atomic mass is 32.2. The van der Waals surface area contributed by atoms with Crippen LogP contribution in [-0.2, 0) is 14.3 Å². The van der Waals surface area contributed by atoms with Crippen LogP contribution < -0.4 is 10.6 Å². The number of hydrogen-bond acceptors (Lipinski definition) is 6. The number of hydrogen-bond donors (Lipinski definition) is 2. The molecule has 2 N–H and O–H groups in total. The number of nitrogens with one attached hydrogen (secondary N) is 2. The fourth-order valence-electron chi connectivity index (χ4n) is 2.81. The van der Waals surface area contributed by atoms with Gasteiger partial charge in [-0.25, -0.2) is 14.0 Å². The third-order valence-electron chi connectivity index (χ3n) is 4.35. The van der Waals surface area contributed by atoms with Crippen molar-refractivity contribution in [2.45, 2.75) is 17.9 Å². The Morgan fingerprint density at radius 1 is 1.19 bits per heavy atom. The van der Waals surface area contributed by atoms with Crippen molar-refractivity contribution in [3.05, 3.63) is 59.9 Å². The molecule has 0 bridgehead atoms. The Morgan fingerprint density at radius 2 is 1.90 bits per heavy atom. The van der Waals surface area contributed by atoms with Crippen LogP contribution in [0.5, 0.6) is 0 Å². The van der Waals surface area contributed by atoms with Crippen LogP contribution >= 0.6 is 11.8 Å². The fraction of sp³-hybridized carbons (Fsp3) is 0.238. The summed E-state index contributed by atoms with van der Waals surface area (Å²) in [6, 6.07) is 11.4. The third kappa shape index (κ3) is 5.82. The van der Waals surface area contributed by atoms with Gasteiger partial charge >= 0.3 is 12.0 Å². The molecule has 0 aliphatic carbocycles. The predicted octanol–water partition coefficient (Wildman–Crippen LogP) is 2.65. The quantitative estimate of drug-likeness (QED) is 0.502. The first-order valence-electron chi connectivity index (χ1n) is 9.42. The molecule has 3 rings (SSSR count). The molecule has 162 valence electrons. The van der Waals surface area contributed by atoms with E-state index in [1.165, 1.54) is 37.3 Å². The van der Waals surface area contributed by atoms with Gasteiger partial charge in [-0.05, 0) is 43.3 Å². The van der Waals surface area contributed by atoms with Crippen molar-refractivity contribution >= 4 is 41.3 Å². The molecule has 1 unspecified atom stereocenters. The molecule has 31 heavy (non-hydrogen) atoms. The van der Waals surface area contributed by atoms with Gasteiger partial charge in [0.15, 0.2) is 6.10 Å². The Kier molecular flexibility index (Phi) is 7.24. The normalized spacial score (nSPS) is 14.0. The van der Waals surface area contributed by atoms with Crippen molar-refractivity contribution in [2.24, 2.45) is 0 Å². The van der Waals surface area contributed by atoms with Gasteiger partial charge in [0, 0.05) is 23.7 Å². The standard InChI is InChI=1S/C21H20FN3O5S/c1-13(19(27)25-11-10-23-21(25)29)30-20(28)16-4-2-3-5-17(16)31-12-18(26)24-15-8-6-14(22)7-9-15/h2-9,13H,10-12H2,1H3,(H,23,29)(H,24,26). The minimum Gasteiger partial charge on any atom is -0.449 e. The van der Waals surface area contributed by atoms with Gasteiger partial charge in [0.2, 0.25) is 5.91 Å². The Balaban J connectivity index is 1.59. The van der Waals surface area contributed by atoms with E-state index in [1.54, 1.807) is 18.2 Å². The number of nitrogens with zero attached hydrogens (tertiary/aromatic N) is 1. The van der Waals surface area contributed by atoms with Gasteiger partial charge in [0.05, 0.1) is 11.3 Å². The molecule has 1 aliphatic rings. The molecule has 1 heterocycles. The van der Waals surface area contributed by atoms with E-state index in [-0.39, 0.29) is 23.8 Å². The average molecular weight is 445 g/mol. The van der Waals surface area contributed by atoms with Crippen LogP contribution in [0.25, 0.3) is 0 Å². The number of anilines is 1. The number of imide groups is 1. The highest BCUT2D eigenvalue weighted by Crippen LogP contribution is 2.24. The van der Waals surface area contributed by atoms with Crippen LogP contribution in [0, 0.1) is 5.82 Å². The highest BCUT2D eigenvalue weighted by Gasteiger charge is 2.32. The maximum Gasteiger partial charge on any atom is 0.340 e. The van der Waals surface area contributed by atoms with Gasteiger partial charge in [-0.15, -0.1) is 11.8 Å². The van der Waals surface area contributed by atoms with Crippen molar-refractivity contribution in [3.8, 4) is 0 Å². The Bertz CT molecular complexity index is 999. The molecule has 0 aromatic heterocycles. The molecule has 8 nitrogen and oxygen atoms in total. The predicted molar refractivity (Wildman–Crippen MR) is 112 cm³/mol. The number of amides is 4. The summed E-state index contributed by atoms with van der Waals surface area (Å²) in [7, 11) is 0. The Morgan fingerprint density at radius 3 is 2.58 bits per heavy atom. The van der Waals surface area contributed by atoms with E-state index in [9.17, 15) is 23.6 Å². The number of thioether (sulfide) groups is 1. The third-order valence-corrected chi connectivity index (χ3v) is 5.42. The molecular formula is C21H20FN3O5S. The molecule has 2 aromatic rings. The summed E-state index contributed by atoms with van der Waals surface area (Å²) in [5.74, 6) is -2.07. The summed E-state index contributed by atoms with van der Waals surface area (Å²) in [4.78, 5) is 50.2. The van der Waals surface area contributed by atoms with Crippen molar-refractivity contribution < 1.29 is 28.3 Å². The van der Waals surface area contributed by atoms with E-state index in [1.807, 2.05) is 0 Å². The molecule has 4 amide bonds. The summed E-state index contributed by atoms with van der Waals surface area (Å²) in [6.07, 6.45) is -1.14. The van der Waals surface area contributed by atoms with E-state index >= 15 is 0 Å². The van der Waals surface area contributed by atoms with Gasteiger partial charge in [0.1, 0.15) is 5.82 Å². The number of esters is 1. The number of carbonyl (C=O) groups is 4. The van der Waals surface area contributed by atoms with Gasteiger partial charge < -0.3 is 15.4 Å². The molecular weight excluding hydrogens is 425 g/mol. The number of benzene rings is 2. The molecule has 2 aromatic carbocycles. The summed E-state index contributed by atoms with van der Waals surface area (Å²) < 4.78 is 18.2. The fourth-order valence-corrected chi connectivity index (χ4v) is 3.65. The van der Waals surface area contributed by atoms with Crippen molar-refractivity contribution in [2.75, 3.05) is 24.2 Å². The van der Waals surface area contributed by atoms with Crippen LogP contribution in [0.1, 0.15) is 17.3 Å². The van der Waals surface area contributed by atoms with Crippen LogP contribution in [0.2, 0.25) is 0 Å². The SMILES string of the molecule is CC(OC(=O)c1ccccc1SCC(=O)Nc1ccc(F)cc1)C(=O)N1CCNC1=O. The number of ether oxygens (including phenoxy) is 1. The topological polar surface area (TPSA) is 105 Å². The molecule has 1 atom stereocenters. The zero-order valence-electron chi connectivity index (χ0n) is 16.6. The van der Waals surface area contributed by atoms with Crippen molar-refractivity contribution in [1.82, 2.24) is 10.2 Å². The second kappa shape index (κ2) is 10.1. The van der Waals surface area contributed by atoms with E-state index in [4.69, 9.17) is 4.74 Å². The number of halogens is 1. The lowest BCUT2D eigenvalue weighted by Gasteiger charge is -2.18. The molecule has 1 fully saturated rings. The van der Waals surface area contributed by atoms with Gasteiger partial charge in [-0.3, -0.25) is 14.5 Å². The number of rotatable bonds is 7. The van der Waals surface area contributed by atoms with Gasteiger partial charge in [-0.2, -0.15) is 0 Å². The van der Waals surface area contributed by atoms with Crippen LogP contribution in [-0.4, -0.2) is 53.7 Å². The molecule has 0 spiro atoms. The number of carbonyl (C=O) groups excluding carboxylic acids is 4. The molecule has 1 saturated heterocycles. The largest absolute Gasteiger partial charge is 0.449 e. The lowest BCUT2D eigenvalue weighted by Crippen LogP contribution is -2.41. The van der Waals surface area contributed by atoms with Gasteiger partial charge in [-0.1, -0.05) is 12.1 Å². The van der Waals surface area contributed by atoms with E-state index in [0.717, 1.165) is 16.7 Å². The first-order chi connectivity index (χ1) is 14.8. The first kappa shape index (κ1) is 22.3. The minimum absolute atomic E-state index is 0.00407. The highest BCUT2D eigenvalue weighted by molar-refractivity contribution is 8.00. The molecule has 0 saturated carbocycles. The van der Waals surface area contributed by atoms with Crippen LogP contribution in [0.4, 0.5) is 14.9 Å². The Labute approximate surface area is 182 Å². The lowest BCUT2D eigenvalue weighted by atomic mass is 10.2. The lowest BCUT2D eigenvalue weighted by molar-refractivity contribution is -0.136. The zero-order chi connectivity index (χ0) is 22.4. The van der Waals surface area contributed by atoms with Crippen molar-refractivity contribution in [1.29, 1.82) is 0 Å². The van der Waals surface area contributed by atoms with Crippen LogP contribution in [0.15, 0.2) is 53.4 Å². The second-order valence-corrected chi connectivity index (χ2v) is 7.63. The summed E-state index contributed by atoms with van der Waals surface area (Å²) >= 11 is 1.12. The van der Waals surface area contributed by atoms with E-state index < -0.39 is 29.8 Å². The Hall–Kier alpha value is -3.40. The summed E-state index contributed by atoms with van der Waals surface area (Å²) in [5.41, 5.74) is 0.658. The van der Waals surface area contributed by atoms with Crippen LogP contribution in [0.3, 0.4) is 0 Å². The molecule has 1 aliphatic heterocycles. The summed E-state index contributed by atoms with van der Waals surface area (Å²) in [5, 5.41) is 5.15. The average Bonchev–Trinajstić information content (AvgIpc) is 3.19. The van der Waals surface area contributed by atoms with Gasteiger partial charge in [0.25, 0.3) is 5.91 Å². The van der Waals surface area contributed by atoms with E-state index in [0.29, 0.717) is 17.1 Å². The smallest absolute Gasteiger partial charge is 0.340 e. The van der Waals surface area contributed by atoms with Crippen molar-refractivity contribution in [3.63, 3.8) is 0 Å².